The Morgan fingerprint density at radius 1 is 1.35 bits per heavy atom. The van der Waals surface area contributed by atoms with Crippen molar-refractivity contribution in [1.29, 1.82) is 0 Å². The Bertz CT molecular complexity index is 461. The van der Waals surface area contributed by atoms with E-state index in [1.54, 1.807) is 6.07 Å². The first-order valence-corrected chi connectivity index (χ1v) is 7.40. The van der Waals surface area contributed by atoms with Gasteiger partial charge in [-0.25, -0.2) is 0 Å². The van der Waals surface area contributed by atoms with Gasteiger partial charge in [0.25, 0.3) is 0 Å². The molecule has 0 saturated heterocycles. The van der Waals surface area contributed by atoms with E-state index in [2.05, 4.69) is 12.2 Å². The normalized spacial score (nSPS) is 27.4. The topological polar surface area (TPSA) is 12.0 Å². The van der Waals surface area contributed by atoms with Crippen LogP contribution in [0.4, 0.5) is 18.9 Å². The maximum Gasteiger partial charge on any atom is 0.418 e. The van der Waals surface area contributed by atoms with Crippen LogP contribution in [0.25, 0.3) is 0 Å². The Morgan fingerprint density at radius 3 is 2.65 bits per heavy atom. The van der Waals surface area contributed by atoms with Crippen LogP contribution in [-0.4, -0.2) is 11.4 Å². The largest absolute Gasteiger partial charge is 0.418 e. The zero-order chi connectivity index (χ0) is 14.8. The fourth-order valence-corrected chi connectivity index (χ4v) is 3.36. The zero-order valence-electron chi connectivity index (χ0n) is 11.4. The summed E-state index contributed by atoms with van der Waals surface area (Å²) in [6, 6.07) is 5.61. The van der Waals surface area contributed by atoms with E-state index in [0.29, 0.717) is 11.8 Å². The average molecular weight is 306 g/mol. The molecule has 0 bridgehead atoms. The highest BCUT2D eigenvalue weighted by atomic mass is 35.5. The van der Waals surface area contributed by atoms with Gasteiger partial charge in [-0.2, -0.15) is 13.2 Å². The van der Waals surface area contributed by atoms with E-state index in [1.165, 1.54) is 12.1 Å². The van der Waals surface area contributed by atoms with Crippen molar-refractivity contribution in [2.45, 2.75) is 44.3 Å². The molecule has 0 aromatic heterocycles. The lowest BCUT2D eigenvalue weighted by Crippen LogP contribution is -2.44. The molecule has 2 rings (SSSR count). The second-order valence-electron chi connectivity index (χ2n) is 5.78. The van der Waals surface area contributed by atoms with Gasteiger partial charge in [-0.3, -0.25) is 0 Å². The van der Waals surface area contributed by atoms with Gasteiger partial charge in [-0.05, 0) is 30.9 Å². The number of alkyl halides is 4. The lowest BCUT2D eigenvalue weighted by Gasteiger charge is -2.40. The van der Waals surface area contributed by atoms with Gasteiger partial charge < -0.3 is 5.32 Å². The van der Waals surface area contributed by atoms with E-state index in [9.17, 15) is 13.2 Å². The number of hydrogen-bond donors (Lipinski definition) is 1. The predicted octanol–water partition coefficient (Wildman–Crippen LogP) is 5.31. The molecule has 1 saturated carbocycles. The van der Waals surface area contributed by atoms with Crippen molar-refractivity contribution < 1.29 is 13.2 Å². The third-order valence-corrected chi connectivity index (χ3v) is 4.49. The van der Waals surface area contributed by atoms with Gasteiger partial charge >= 0.3 is 6.18 Å². The van der Waals surface area contributed by atoms with Crippen LogP contribution in [-0.2, 0) is 6.18 Å². The molecule has 0 heterocycles. The van der Waals surface area contributed by atoms with E-state index < -0.39 is 17.3 Å². The summed E-state index contributed by atoms with van der Waals surface area (Å²) in [4.78, 5) is 0. The summed E-state index contributed by atoms with van der Waals surface area (Å²) in [5.41, 5.74) is -0.918. The van der Waals surface area contributed by atoms with Crippen LogP contribution in [0, 0.1) is 5.92 Å². The molecule has 1 fully saturated rings. The van der Waals surface area contributed by atoms with Crippen molar-refractivity contribution in [1.82, 2.24) is 0 Å². The summed E-state index contributed by atoms with van der Waals surface area (Å²) in [5.74, 6) is 0.803. The molecule has 5 heteroatoms. The summed E-state index contributed by atoms with van der Waals surface area (Å²) >= 11 is 6.08. The minimum Gasteiger partial charge on any atom is -0.378 e. The Kier molecular flexibility index (Phi) is 4.52. The lowest BCUT2D eigenvalue weighted by atomic mass is 9.77. The number of nitrogens with one attached hydrogen (secondary N) is 1. The zero-order valence-corrected chi connectivity index (χ0v) is 12.2. The molecule has 1 N–H and O–H groups in total. The number of rotatable bonds is 3. The van der Waals surface area contributed by atoms with E-state index in [0.717, 1.165) is 31.7 Å². The first-order valence-electron chi connectivity index (χ1n) is 6.87. The third-order valence-electron chi connectivity index (χ3n) is 3.98. The molecule has 2 unspecified atom stereocenters. The lowest BCUT2D eigenvalue weighted by molar-refractivity contribution is -0.137. The van der Waals surface area contributed by atoms with E-state index in [4.69, 9.17) is 11.6 Å². The second kappa shape index (κ2) is 5.84. The number of benzene rings is 1. The molecule has 0 radical (unpaired) electrons. The van der Waals surface area contributed by atoms with Gasteiger partial charge in [-0.1, -0.05) is 31.9 Å². The van der Waals surface area contributed by atoms with E-state index >= 15 is 0 Å². The van der Waals surface area contributed by atoms with Crippen molar-refractivity contribution in [2.24, 2.45) is 5.92 Å². The highest BCUT2D eigenvalue weighted by Crippen LogP contribution is 2.40. The first-order chi connectivity index (χ1) is 9.36. The van der Waals surface area contributed by atoms with E-state index in [1.807, 2.05) is 0 Å². The van der Waals surface area contributed by atoms with Crippen LogP contribution < -0.4 is 5.32 Å². The highest BCUT2D eigenvalue weighted by Gasteiger charge is 2.38. The summed E-state index contributed by atoms with van der Waals surface area (Å²) in [6.45, 7) is 2.12. The van der Waals surface area contributed by atoms with E-state index in [-0.39, 0.29) is 5.69 Å². The molecule has 1 nitrogen and oxygen atoms in total. The molecule has 0 aliphatic heterocycles. The van der Waals surface area contributed by atoms with Gasteiger partial charge in [0.1, 0.15) is 0 Å². The van der Waals surface area contributed by atoms with Crippen molar-refractivity contribution in [2.75, 3.05) is 11.2 Å². The fraction of sp³-hybridized carbons (Fsp3) is 0.600. The monoisotopic (exact) mass is 305 g/mol. The fourth-order valence-electron chi connectivity index (χ4n) is 3.05. The number of para-hydroxylation sites is 1. The molecule has 0 amide bonds. The molecule has 112 valence electrons. The van der Waals surface area contributed by atoms with Crippen molar-refractivity contribution >= 4 is 17.3 Å². The minimum absolute atomic E-state index is 0.134. The Balaban J connectivity index is 2.28. The van der Waals surface area contributed by atoms with Gasteiger partial charge in [0, 0.05) is 11.6 Å². The summed E-state index contributed by atoms with van der Waals surface area (Å²) < 4.78 is 39.1. The predicted molar refractivity (Wildman–Crippen MR) is 76.1 cm³/mol. The molecular weight excluding hydrogens is 287 g/mol. The van der Waals surface area contributed by atoms with Crippen molar-refractivity contribution in [3.63, 3.8) is 0 Å². The standard InChI is InChI=1S/C15H19ClF3N/c1-11-5-4-8-14(9-11,10-16)20-13-7-3-2-6-12(13)15(17,18)19/h2-3,6-7,11,20H,4-5,8-10H2,1H3. The molecule has 1 aliphatic carbocycles. The van der Waals surface area contributed by atoms with Gasteiger partial charge in [0.05, 0.1) is 11.1 Å². The van der Waals surface area contributed by atoms with Crippen LogP contribution in [0.15, 0.2) is 24.3 Å². The Morgan fingerprint density at radius 2 is 2.05 bits per heavy atom. The maximum absolute atomic E-state index is 13.0. The minimum atomic E-state index is -4.35. The van der Waals surface area contributed by atoms with Crippen molar-refractivity contribution in [3.05, 3.63) is 29.8 Å². The summed E-state index contributed by atoms with van der Waals surface area (Å²) in [7, 11) is 0. The van der Waals surface area contributed by atoms with Crippen LogP contribution in [0.1, 0.15) is 38.2 Å². The maximum atomic E-state index is 13.0. The summed E-state index contributed by atoms with van der Waals surface area (Å²) in [6.07, 6.45) is -0.622. The molecular formula is C15H19ClF3N. The van der Waals surface area contributed by atoms with Gasteiger partial charge in [0.15, 0.2) is 0 Å². The molecule has 1 aromatic rings. The smallest absolute Gasteiger partial charge is 0.378 e. The second-order valence-corrected chi connectivity index (χ2v) is 6.05. The van der Waals surface area contributed by atoms with Crippen LogP contribution in [0.2, 0.25) is 0 Å². The van der Waals surface area contributed by atoms with Crippen LogP contribution in [0.5, 0.6) is 0 Å². The molecule has 0 spiro atoms. The molecule has 2 atom stereocenters. The van der Waals surface area contributed by atoms with Crippen LogP contribution >= 0.6 is 11.6 Å². The summed E-state index contributed by atoms with van der Waals surface area (Å²) in [5, 5.41) is 3.10. The third kappa shape index (κ3) is 3.40. The number of anilines is 1. The molecule has 20 heavy (non-hydrogen) atoms. The average Bonchev–Trinajstić information content (AvgIpc) is 2.38. The van der Waals surface area contributed by atoms with Gasteiger partial charge in [0.2, 0.25) is 0 Å². The first kappa shape index (κ1) is 15.5. The SMILES string of the molecule is CC1CCCC(CCl)(Nc2ccccc2C(F)(F)F)C1. The molecule has 1 aliphatic rings. The Hall–Kier alpha value is -0.900. The molecule has 1 aromatic carbocycles. The quantitative estimate of drug-likeness (QED) is 0.747. The van der Waals surface area contributed by atoms with Gasteiger partial charge in [-0.15, -0.1) is 11.6 Å². The number of halogens is 4. The van der Waals surface area contributed by atoms with Crippen molar-refractivity contribution in [3.8, 4) is 0 Å². The number of hydrogen-bond acceptors (Lipinski definition) is 1. The highest BCUT2D eigenvalue weighted by molar-refractivity contribution is 6.18. The Labute approximate surface area is 122 Å². The van der Waals surface area contributed by atoms with Crippen LogP contribution in [0.3, 0.4) is 0 Å².